The van der Waals surface area contributed by atoms with Crippen LogP contribution in [-0.4, -0.2) is 17.5 Å². The number of rotatable bonds is 5. The second-order valence-electron chi connectivity index (χ2n) is 5.84. The van der Waals surface area contributed by atoms with Crippen LogP contribution in [0.15, 0.2) is 35.0 Å². The Morgan fingerprint density at radius 3 is 2.68 bits per heavy atom. The number of amides is 1. The van der Waals surface area contributed by atoms with Gasteiger partial charge in [0, 0.05) is 12.4 Å². The van der Waals surface area contributed by atoms with Crippen LogP contribution in [0.25, 0.3) is 11.0 Å². The molecule has 2 heterocycles. The number of hydrogen-bond donors (Lipinski definition) is 2. The van der Waals surface area contributed by atoms with Gasteiger partial charge in [0.2, 0.25) is 5.76 Å². The van der Waals surface area contributed by atoms with E-state index < -0.39 is 34.8 Å². The number of benzene rings is 1. The van der Waals surface area contributed by atoms with E-state index in [1.165, 1.54) is 12.1 Å². The number of anilines is 2. The monoisotopic (exact) mass is 397 g/mol. The van der Waals surface area contributed by atoms with Gasteiger partial charge in [-0.15, -0.1) is 0 Å². The Balaban J connectivity index is 2.18. The fourth-order valence-corrected chi connectivity index (χ4v) is 2.54. The van der Waals surface area contributed by atoms with E-state index in [0.29, 0.717) is 11.8 Å². The van der Waals surface area contributed by atoms with Gasteiger partial charge in [-0.2, -0.15) is 13.2 Å². The normalized spacial score (nSPS) is 11.6. The molecule has 0 saturated heterocycles. The molecule has 0 bridgehead atoms. The Labute approximate surface area is 156 Å². The highest BCUT2D eigenvalue weighted by atomic mass is 19.4. The molecule has 0 radical (unpaired) electrons. The highest BCUT2D eigenvalue weighted by Crippen LogP contribution is 2.40. The lowest BCUT2D eigenvalue weighted by Crippen LogP contribution is -2.23. The van der Waals surface area contributed by atoms with Gasteiger partial charge in [0.25, 0.3) is 0 Å². The molecule has 148 valence electrons. The van der Waals surface area contributed by atoms with Gasteiger partial charge in [-0.1, -0.05) is 6.07 Å². The molecule has 0 aliphatic carbocycles. The SMILES string of the molecule is CCONC(=O)c1oc2c(C(F)(F)F)cncc2c1Nc1ccc(C)cc1F. The first-order valence-corrected chi connectivity index (χ1v) is 8.15. The van der Waals surface area contributed by atoms with Crippen molar-refractivity contribution in [3.8, 4) is 0 Å². The van der Waals surface area contributed by atoms with E-state index in [9.17, 15) is 22.4 Å². The van der Waals surface area contributed by atoms with Crippen molar-refractivity contribution in [2.75, 3.05) is 11.9 Å². The number of nitrogens with one attached hydrogen (secondary N) is 2. The van der Waals surface area contributed by atoms with Crippen LogP contribution >= 0.6 is 0 Å². The van der Waals surface area contributed by atoms with E-state index in [2.05, 4.69) is 10.3 Å². The first-order chi connectivity index (χ1) is 13.2. The quantitative estimate of drug-likeness (QED) is 0.481. The smallest absolute Gasteiger partial charge is 0.421 e. The number of hydrogen-bond acceptors (Lipinski definition) is 5. The first kappa shape index (κ1) is 19.6. The Kier molecular flexibility index (Phi) is 5.23. The van der Waals surface area contributed by atoms with Crippen LogP contribution in [-0.2, 0) is 11.0 Å². The summed E-state index contributed by atoms with van der Waals surface area (Å²) in [5, 5.41) is 2.51. The van der Waals surface area contributed by atoms with Crippen LogP contribution in [0.2, 0.25) is 0 Å². The largest absolute Gasteiger partial charge is 0.448 e. The zero-order chi connectivity index (χ0) is 20.5. The molecule has 0 aliphatic heterocycles. The van der Waals surface area contributed by atoms with Gasteiger partial charge >= 0.3 is 12.1 Å². The molecule has 6 nitrogen and oxygen atoms in total. The minimum atomic E-state index is -4.76. The average molecular weight is 397 g/mol. The minimum absolute atomic E-state index is 0.0452. The van der Waals surface area contributed by atoms with Crippen molar-refractivity contribution < 1.29 is 31.6 Å². The summed E-state index contributed by atoms with van der Waals surface area (Å²) in [5.41, 5.74) is 0.737. The molecule has 28 heavy (non-hydrogen) atoms. The van der Waals surface area contributed by atoms with Gasteiger partial charge in [-0.25, -0.2) is 9.87 Å². The molecule has 1 amide bonds. The molecule has 0 spiro atoms. The standard InChI is InChI=1S/C18H15F4N3O3/c1-3-27-25-17(26)16-14(24-13-5-4-9(2)6-12(13)19)10-7-23-8-11(15(10)28-16)18(20,21)22/h4-8,24H,3H2,1-2H3,(H,25,26). The van der Waals surface area contributed by atoms with E-state index in [0.717, 1.165) is 6.20 Å². The number of nitrogens with zero attached hydrogens (tertiary/aromatic N) is 1. The summed E-state index contributed by atoms with van der Waals surface area (Å²) in [7, 11) is 0. The second-order valence-corrected chi connectivity index (χ2v) is 5.84. The highest BCUT2D eigenvalue weighted by Gasteiger charge is 2.36. The third kappa shape index (κ3) is 3.77. The van der Waals surface area contributed by atoms with Crippen molar-refractivity contribution >= 4 is 28.3 Å². The van der Waals surface area contributed by atoms with Gasteiger partial charge in [-0.05, 0) is 31.5 Å². The Bertz CT molecular complexity index is 1030. The number of aryl methyl sites for hydroxylation is 1. The summed E-state index contributed by atoms with van der Waals surface area (Å²) in [5.74, 6) is -2.08. The maximum absolute atomic E-state index is 14.2. The molecule has 2 aromatic heterocycles. The Morgan fingerprint density at radius 2 is 2.04 bits per heavy atom. The minimum Gasteiger partial charge on any atom is -0.448 e. The summed E-state index contributed by atoms with van der Waals surface area (Å²) in [4.78, 5) is 20.7. The van der Waals surface area contributed by atoms with Gasteiger partial charge in [0.05, 0.1) is 17.7 Å². The molecule has 3 aromatic rings. The molecule has 2 N–H and O–H groups in total. The summed E-state index contributed by atoms with van der Waals surface area (Å²) < 4.78 is 59.3. The van der Waals surface area contributed by atoms with E-state index in [1.807, 2.05) is 5.48 Å². The number of alkyl halides is 3. The van der Waals surface area contributed by atoms with Crippen molar-refractivity contribution in [1.82, 2.24) is 10.5 Å². The molecule has 3 rings (SSSR count). The van der Waals surface area contributed by atoms with Crippen molar-refractivity contribution in [2.24, 2.45) is 0 Å². The maximum Gasteiger partial charge on any atom is 0.421 e. The maximum atomic E-state index is 14.2. The summed E-state index contributed by atoms with van der Waals surface area (Å²) in [6, 6.07) is 4.24. The summed E-state index contributed by atoms with van der Waals surface area (Å²) in [6.07, 6.45) is -3.07. The third-order valence-electron chi connectivity index (χ3n) is 3.80. The molecular weight excluding hydrogens is 382 g/mol. The van der Waals surface area contributed by atoms with E-state index in [-0.39, 0.29) is 23.4 Å². The summed E-state index contributed by atoms with van der Waals surface area (Å²) in [6.45, 7) is 3.41. The number of aromatic nitrogens is 1. The molecule has 0 saturated carbocycles. The number of carbonyl (C=O) groups is 1. The van der Waals surface area contributed by atoms with Crippen LogP contribution in [0.1, 0.15) is 28.6 Å². The van der Waals surface area contributed by atoms with E-state index >= 15 is 0 Å². The number of hydroxylamine groups is 1. The van der Waals surface area contributed by atoms with Crippen molar-refractivity contribution in [3.05, 3.63) is 53.3 Å². The van der Waals surface area contributed by atoms with Crippen LogP contribution in [0.4, 0.5) is 28.9 Å². The molecule has 1 aromatic carbocycles. The molecule has 0 unspecified atom stereocenters. The van der Waals surface area contributed by atoms with Crippen LogP contribution in [0, 0.1) is 12.7 Å². The number of halogens is 4. The number of furan rings is 1. The molecule has 10 heteroatoms. The number of fused-ring (bicyclic) bond motifs is 1. The van der Waals surface area contributed by atoms with Gasteiger partial charge in [-0.3, -0.25) is 14.6 Å². The van der Waals surface area contributed by atoms with E-state index in [4.69, 9.17) is 9.25 Å². The second kappa shape index (κ2) is 7.47. The predicted molar refractivity (Wildman–Crippen MR) is 92.5 cm³/mol. The predicted octanol–water partition coefficient (Wildman–Crippen LogP) is 4.72. The van der Waals surface area contributed by atoms with E-state index in [1.54, 1.807) is 19.9 Å². The zero-order valence-electron chi connectivity index (χ0n) is 14.8. The molecule has 0 atom stereocenters. The van der Waals surface area contributed by atoms with Crippen molar-refractivity contribution in [3.63, 3.8) is 0 Å². The average Bonchev–Trinajstić information content (AvgIpc) is 2.99. The fourth-order valence-electron chi connectivity index (χ4n) is 2.54. The molecular formula is C18H15F4N3O3. The highest BCUT2D eigenvalue weighted by molar-refractivity contribution is 6.07. The third-order valence-corrected chi connectivity index (χ3v) is 3.80. The zero-order valence-corrected chi connectivity index (χ0v) is 14.8. The Hall–Kier alpha value is -3.14. The molecule has 0 aliphatic rings. The summed E-state index contributed by atoms with van der Waals surface area (Å²) >= 11 is 0. The van der Waals surface area contributed by atoms with Gasteiger partial charge in [0.1, 0.15) is 17.1 Å². The van der Waals surface area contributed by atoms with Crippen LogP contribution in [0.5, 0.6) is 0 Å². The van der Waals surface area contributed by atoms with Crippen LogP contribution in [0.3, 0.4) is 0 Å². The molecule has 0 fully saturated rings. The first-order valence-electron chi connectivity index (χ1n) is 8.15. The number of pyridine rings is 1. The lowest BCUT2D eigenvalue weighted by Gasteiger charge is -2.09. The Morgan fingerprint density at radius 1 is 1.29 bits per heavy atom. The lowest BCUT2D eigenvalue weighted by molar-refractivity contribution is -0.137. The number of carbonyl (C=O) groups excluding carboxylic acids is 1. The topological polar surface area (TPSA) is 76.4 Å². The van der Waals surface area contributed by atoms with Crippen LogP contribution < -0.4 is 10.8 Å². The fraction of sp³-hybridized carbons (Fsp3) is 0.222. The van der Waals surface area contributed by atoms with Crippen molar-refractivity contribution in [2.45, 2.75) is 20.0 Å². The van der Waals surface area contributed by atoms with Crippen molar-refractivity contribution in [1.29, 1.82) is 0 Å². The van der Waals surface area contributed by atoms with Gasteiger partial charge in [0.15, 0.2) is 5.58 Å². The van der Waals surface area contributed by atoms with Gasteiger partial charge < -0.3 is 9.73 Å². The lowest BCUT2D eigenvalue weighted by atomic mass is 10.1.